The molecule has 124 valence electrons. The molecule has 0 atom stereocenters. The molecule has 7 heteroatoms. The van der Waals surface area contributed by atoms with Gasteiger partial charge in [-0.1, -0.05) is 35.3 Å². The normalized spacial score (nSPS) is 12.8. The molecule has 2 aromatic carbocycles. The summed E-state index contributed by atoms with van der Waals surface area (Å²) >= 11 is 12.2. The van der Waals surface area contributed by atoms with Crippen molar-refractivity contribution in [3.05, 3.63) is 81.4 Å². The highest BCUT2D eigenvalue weighted by Gasteiger charge is 2.24. The summed E-state index contributed by atoms with van der Waals surface area (Å²) in [7, 11) is 0. The molecule has 2 heterocycles. The smallest absolute Gasteiger partial charge is 0.356 e. The Balaban J connectivity index is 1.97. The van der Waals surface area contributed by atoms with E-state index in [4.69, 9.17) is 23.2 Å². The molecule has 0 fully saturated rings. The van der Waals surface area contributed by atoms with Crippen LogP contribution in [0.25, 0.3) is 5.69 Å². The quantitative estimate of drug-likeness (QED) is 0.732. The first-order valence-corrected chi connectivity index (χ1v) is 8.20. The number of halogens is 2. The molecule has 0 aliphatic carbocycles. The molecular formula is C18H11Cl2N3O2. The fourth-order valence-corrected chi connectivity index (χ4v) is 3.21. The van der Waals surface area contributed by atoms with Gasteiger partial charge >= 0.3 is 5.97 Å². The van der Waals surface area contributed by atoms with Crippen LogP contribution in [0.2, 0.25) is 10.0 Å². The second kappa shape index (κ2) is 6.02. The summed E-state index contributed by atoms with van der Waals surface area (Å²) in [5.41, 5.74) is 3.73. The van der Waals surface area contributed by atoms with Gasteiger partial charge in [0.2, 0.25) is 0 Å². The number of nitrogens with zero attached hydrogens (tertiary/aromatic N) is 3. The maximum atomic E-state index is 11.4. The highest BCUT2D eigenvalue weighted by molar-refractivity contribution is 6.32. The van der Waals surface area contributed by atoms with Gasteiger partial charge in [0.25, 0.3) is 0 Å². The summed E-state index contributed by atoms with van der Waals surface area (Å²) in [6.45, 7) is 0.200. The lowest BCUT2D eigenvalue weighted by molar-refractivity contribution is 0.0689. The Morgan fingerprint density at radius 2 is 1.80 bits per heavy atom. The minimum absolute atomic E-state index is 0.00186. The number of hydrogen-bond acceptors (Lipinski definition) is 3. The fraction of sp³-hybridized carbons (Fsp3) is 0.0556. The maximum absolute atomic E-state index is 11.4. The zero-order valence-corrected chi connectivity index (χ0v) is 14.3. The van der Waals surface area contributed by atoms with Crippen LogP contribution >= 0.6 is 23.2 Å². The van der Waals surface area contributed by atoms with Crippen LogP contribution in [0, 0.1) is 0 Å². The molecule has 0 bridgehead atoms. The van der Waals surface area contributed by atoms with Crippen LogP contribution in [0.4, 0.5) is 0 Å². The van der Waals surface area contributed by atoms with E-state index in [-0.39, 0.29) is 12.2 Å². The minimum atomic E-state index is -1.07. The van der Waals surface area contributed by atoms with Gasteiger partial charge in [-0.25, -0.2) is 9.78 Å². The first kappa shape index (κ1) is 15.9. The van der Waals surface area contributed by atoms with Crippen molar-refractivity contribution in [1.29, 1.82) is 0 Å². The van der Waals surface area contributed by atoms with Crippen LogP contribution in [0.5, 0.6) is 0 Å². The molecule has 0 spiro atoms. The number of carboxylic acid groups (broad SMARTS) is 1. The van der Waals surface area contributed by atoms with E-state index in [0.717, 1.165) is 22.5 Å². The van der Waals surface area contributed by atoms with Gasteiger partial charge in [-0.05, 0) is 30.3 Å². The number of hydrogen-bond donors (Lipinski definition) is 1. The van der Waals surface area contributed by atoms with Crippen LogP contribution in [-0.4, -0.2) is 26.3 Å². The van der Waals surface area contributed by atoms with Crippen molar-refractivity contribution in [2.75, 3.05) is 0 Å². The van der Waals surface area contributed by atoms with Gasteiger partial charge in [0, 0.05) is 21.2 Å². The molecule has 0 saturated heterocycles. The van der Waals surface area contributed by atoms with E-state index in [9.17, 15) is 9.90 Å². The van der Waals surface area contributed by atoms with Gasteiger partial charge in [-0.2, -0.15) is 0 Å². The molecule has 4 rings (SSSR count). The molecule has 25 heavy (non-hydrogen) atoms. The van der Waals surface area contributed by atoms with Gasteiger partial charge in [-0.15, -0.1) is 0 Å². The van der Waals surface area contributed by atoms with Crippen molar-refractivity contribution in [3.63, 3.8) is 0 Å². The number of carbonyl (C=O) groups is 1. The molecule has 0 amide bonds. The molecule has 0 unspecified atom stereocenters. The van der Waals surface area contributed by atoms with Crippen molar-refractivity contribution in [1.82, 2.24) is 9.55 Å². The molecule has 1 N–H and O–H groups in total. The van der Waals surface area contributed by atoms with Gasteiger partial charge in [0.15, 0.2) is 5.69 Å². The number of aliphatic imine (C=N–C) groups is 1. The fourth-order valence-electron chi connectivity index (χ4n) is 2.91. The van der Waals surface area contributed by atoms with Crippen molar-refractivity contribution >= 4 is 34.9 Å². The lowest BCUT2D eigenvalue weighted by atomic mass is 10.0. The summed E-state index contributed by atoms with van der Waals surface area (Å²) in [5, 5.41) is 10.6. The molecule has 0 saturated carbocycles. The summed E-state index contributed by atoms with van der Waals surface area (Å²) in [4.78, 5) is 20.1. The number of benzene rings is 2. The summed E-state index contributed by atoms with van der Waals surface area (Å²) in [6, 6.07) is 12.8. The highest BCUT2D eigenvalue weighted by atomic mass is 35.5. The van der Waals surface area contributed by atoms with Crippen molar-refractivity contribution in [2.24, 2.45) is 4.99 Å². The average Bonchev–Trinajstić information content (AvgIpc) is 2.94. The number of aromatic carboxylic acids is 1. The SMILES string of the molecule is O=C(O)c1ncn2c1CN=C(c1ccc(Cl)cc1)c1cc(Cl)ccc1-2. The third-order valence-corrected chi connectivity index (χ3v) is 4.53. The summed E-state index contributed by atoms with van der Waals surface area (Å²) in [6.07, 6.45) is 1.51. The number of imidazole rings is 1. The van der Waals surface area contributed by atoms with E-state index in [2.05, 4.69) is 9.98 Å². The zero-order valence-electron chi connectivity index (χ0n) is 12.8. The Kier molecular flexibility index (Phi) is 3.82. The summed E-state index contributed by atoms with van der Waals surface area (Å²) < 4.78 is 1.75. The lowest BCUT2D eigenvalue weighted by Crippen LogP contribution is -2.07. The van der Waals surface area contributed by atoms with Gasteiger partial charge < -0.3 is 5.11 Å². The van der Waals surface area contributed by atoms with E-state index in [1.165, 1.54) is 6.33 Å². The molecule has 5 nitrogen and oxygen atoms in total. The van der Waals surface area contributed by atoms with E-state index in [1.54, 1.807) is 22.8 Å². The van der Waals surface area contributed by atoms with E-state index < -0.39 is 5.97 Å². The van der Waals surface area contributed by atoms with E-state index in [0.29, 0.717) is 15.7 Å². The van der Waals surface area contributed by atoms with Crippen LogP contribution in [0.1, 0.15) is 27.3 Å². The monoisotopic (exact) mass is 371 g/mol. The van der Waals surface area contributed by atoms with Gasteiger partial charge in [0.05, 0.1) is 23.6 Å². The Hall–Kier alpha value is -2.63. The third kappa shape index (κ3) is 2.71. The number of aromatic nitrogens is 2. The molecule has 1 aliphatic heterocycles. The largest absolute Gasteiger partial charge is 0.476 e. The standard InChI is InChI=1S/C18H11Cl2N3O2/c19-11-3-1-10(2-4-11)16-13-7-12(20)5-6-14(13)23-9-22-17(18(24)25)15(23)8-21-16/h1-7,9H,8H2,(H,24,25). The Bertz CT molecular complexity index is 1020. The molecule has 0 radical (unpaired) electrons. The molecule has 1 aromatic heterocycles. The molecular weight excluding hydrogens is 361 g/mol. The van der Waals surface area contributed by atoms with E-state index in [1.807, 2.05) is 24.3 Å². The minimum Gasteiger partial charge on any atom is -0.476 e. The Morgan fingerprint density at radius 3 is 2.52 bits per heavy atom. The third-order valence-electron chi connectivity index (χ3n) is 4.05. The molecule has 1 aliphatic rings. The van der Waals surface area contributed by atoms with Gasteiger partial charge in [0.1, 0.15) is 6.33 Å². The van der Waals surface area contributed by atoms with Crippen LogP contribution < -0.4 is 0 Å². The predicted molar refractivity (Wildman–Crippen MR) is 96.3 cm³/mol. The van der Waals surface area contributed by atoms with Crippen molar-refractivity contribution < 1.29 is 9.90 Å². The Labute approximate surface area is 153 Å². The molecule has 3 aromatic rings. The lowest BCUT2D eigenvalue weighted by Gasteiger charge is -2.12. The summed E-state index contributed by atoms with van der Waals surface area (Å²) in [5.74, 6) is -1.07. The first-order valence-electron chi connectivity index (χ1n) is 7.45. The number of fused-ring (bicyclic) bond motifs is 3. The van der Waals surface area contributed by atoms with E-state index >= 15 is 0 Å². The van der Waals surface area contributed by atoms with Crippen LogP contribution in [0.15, 0.2) is 53.8 Å². The predicted octanol–water partition coefficient (Wildman–Crippen LogP) is 4.23. The first-order chi connectivity index (χ1) is 12.0. The average molecular weight is 372 g/mol. The number of rotatable bonds is 2. The number of carboxylic acids is 1. The highest BCUT2D eigenvalue weighted by Crippen LogP contribution is 2.29. The Morgan fingerprint density at radius 1 is 1.08 bits per heavy atom. The second-order valence-electron chi connectivity index (χ2n) is 5.55. The topological polar surface area (TPSA) is 67.5 Å². The van der Waals surface area contributed by atoms with Crippen LogP contribution in [-0.2, 0) is 6.54 Å². The van der Waals surface area contributed by atoms with Gasteiger partial charge in [-0.3, -0.25) is 9.56 Å². The zero-order chi connectivity index (χ0) is 17.6. The van der Waals surface area contributed by atoms with Crippen molar-refractivity contribution in [2.45, 2.75) is 6.54 Å². The second-order valence-corrected chi connectivity index (χ2v) is 6.42. The van der Waals surface area contributed by atoms with Crippen molar-refractivity contribution in [3.8, 4) is 5.69 Å². The van der Waals surface area contributed by atoms with Crippen LogP contribution in [0.3, 0.4) is 0 Å². The maximum Gasteiger partial charge on any atom is 0.356 e.